The number of nitrogens with zero attached hydrogens (tertiary/aromatic N) is 4. The van der Waals surface area contributed by atoms with E-state index in [2.05, 4.69) is 15.4 Å². The van der Waals surface area contributed by atoms with Crippen LogP contribution < -0.4 is 10.9 Å². The standard InChI is InChI=1S/C15H15N5O2/c1-19-8-7-16-12(19)9-17-14(21)13-10-5-3-4-6-11(10)15(22)20(2)18-13/h3-8H,9H2,1-2H3,(H,17,21). The van der Waals surface area contributed by atoms with Crippen LogP contribution in [0.5, 0.6) is 0 Å². The zero-order valence-corrected chi connectivity index (χ0v) is 12.3. The van der Waals surface area contributed by atoms with Gasteiger partial charge in [0, 0.05) is 31.9 Å². The van der Waals surface area contributed by atoms with Crippen LogP contribution in [0.1, 0.15) is 16.3 Å². The summed E-state index contributed by atoms with van der Waals surface area (Å²) in [7, 11) is 3.39. The van der Waals surface area contributed by atoms with Crippen molar-refractivity contribution < 1.29 is 4.79 Å². The molecule has 0 saturated heterocycles. The number of amides is 1. The highest BCUT2D eigenvalue weighted by Crippen LogP contribution is 2.12. The Bertz CT molecular complexity index is 910. The smallest absolute Gasteiger partial charge is 0.274 e. The number of hydrogen-bond acceptors (Lipinski definition) is 4. The largest absolute Gasteiger partial charge is 0.343 e. The van der Waals surface area contributed by atoms with Gasteiger partial charge in [0.25, 0.3) is 11.5 Å². The van der Waals surface area contributed by atoms with Crippen molar-refractivity contribution in [1.82, 2.24) is 24.6 Å². The molecule has 0 aliphatic carbocycles. The third-order valence-corrected chi connectivity index (χ3v) is 3.50. The fourth-order valence-corrected chi connectivity index (χ4v) is 2.28. The van der Waals surface area contributed by atoms with Crippen molar-refractivity contribution in [2.75, 3.05) is 0 Å². The highest BCUT2D eigenvalue weighted by atomic mass is 16.2. The van der Waals surface area contributed by atoms with Crippen LogP contribution in [0.15, 0.2) is 41.5 Å². The van der Waals surface area contributed by atoms with Gasteiger partial charge >= 0.3 is 0 Å². The van der Waals surface area contributed by atoms with Gasteiger partial charge in [-0.25, -0.2) is 9.67 Å². The van der Waals surface area contributed by atoms with Gasteiger partial charge < -0.3 is 9.88 Å². The molecule has 1 N–H and O–H groups in total. The Balaban J connectivity index is 1.96. The van der Waals surface area contributed by atoms with Gasteiger partial charge in [0.1, 0.15) is 5.82 Å². The monoisotopic (exact) mass is 297 g/mol. The van der Waals surface area contributed by atoms with Gasteiger partial charge in [-0.05, 0) is 6.07 Å². The van der Waals surface area contributed by atoms with Gasteiger partial charge in [0.05, 0.1) is 11.9 Å². The van der Waals surface area contributed by atoms with E-state index in [0.717, 1.165) is 5.82 Å². The summed E-state index contributed by atoms with van der Waals surface area (Å²) in [6.07, 6.45) is 3.47. The predicted octanol–water partition coefficient (Wildman–Crippen LogP) is 0.597. The van der Waals surface area contributed by atoms with E-state index in [0.29, 0.717) is 17.3 Å². The summed E-state index contributed by atoms with van der Waals surface area (Å²) in [4.78, 5) is 28.6. The Labute approximate surface area is 126 Å². The Morgan fingerprint density at radius 1 is 1.23 bits per heavy atom. The molecule has 0 spiro atoms. The highest BCUT2D eigenvalue weighted by molar-refractivity contribution is 6.04. The quantitative estimate of drug-likeness (QED) is 0.767. The molecule has 1 amide bonds. The lowest BCUT2D eigenvalue weighted by atomic mass is 10.1. The molecule has 7 heteroatoms. The molecule has 0 unspecified atom stereocenters. The van der Waals surface area contributed by atoms with Crippen molar-refractivity contribution in [3.05, 3.63) is 58.5 Å². The van der Waals surface area contributed by atoms with E-state index in [4.69, 9.17) is 0 Å². The number of hydrogen-bond donors (Lipinski definition) is 1. The van der Waals surface area contributed by atoms with Crippen LogP contribution in [0.3, 0.4) is 0 Å². The highest BCUT2D eigenvalue weighted by Gasteiger charge is 2.15. The third kappa shape index (κ3) is 2.37. The second kappa shape index (κ2) is 5.44. The van der Waals surface area contributed by atoms with Crippen LogP contribution in [0.2, 0.25) is 0 Å². The number of benzene rings is 1. The van der Waals surface area contributed by atoms with E-state index in [1.165, 1.54) is 11.7 Å². The minimum atomic E-state index is -0.338. The zero-order chi connectivity index (χ0) is 15.7. The van der Waals surface area contributed by atoms with Crippen molar-refractivity contribution in [2.45, 2.75) is 6.54 Å². The number of imidazole rings is 1. The third-order valence-electron chi connectivity index (χ3n) is 3.50. The predicted molar refractivity (Wildman–Crippen MR) is 81.4 cm³/mol. The topological polar surface area (TPSA) is 81.8 Å². The normalized spacial score (nSPS) is 10.8. The first kappa shape index (κ1) is 14.0. The van der Waals surface area contributed by atoms with Crippen molar-refractivity contribution >= 4 is 16.7 Å². The first-order valence-electron chi connectivity index (χ1n) is 6.78. The number of fused-ring (bicyclic) bond motifs is 1. The van der Waals surface area contributed by atoms with Gasteiger partial charge in [-0.2, -0.15) is 5.10 Å². The lowest BCUT2D eigenvalue weighted by molar-refractivity contribution is 0.0944. The molecule has 0 atom stereocenters. The van der Waals surface area contributed by atoms with E-state index >= 15 is 0 Å². The lowest BCUT2D eigenvalue weighted by Gasteiger charge is -2.09. The number of rotatable bonds is 3. The molecule has 7 nitrogen and oxygen atoms in total. The molecule has 3 aromatic rings. The lowest BCUT2D eigenvalue weighted by Crippen LogP contribution is -2.29. The molecular formula is C15H15N5O2. The molecule has 0 aliphatic heterocycles. The summed E-state index contributed by atoms with van der Waals surface area (Å²) in [5.74, 6) is 0.400. The maximum atomic E-state index is 12.4. The Kier molecular flexibility index (Phi) is 3.46. The fourth-order valence-electron chi connectivity index (χ4n) is 2.28. The molecule has 0 saturated carbocycles. The van der Waals surface area contributed by atoms with Gasteiger partial charge in [-0.1, -0.05) is 18.2 Å². The minimum Gasteiger partial charge on any atom is -0.343 e. The van der Waals surface area contributed by atoms with Crippen LogP contribution in [-0.4, -0.2) is 25.2 Å². The minimum absolute atomic E-state index is 0.226. The number of nitrogens with one attached hydrogen (secondary N) is 1. The molecule has 1 aromatic carbocycles. The maximum absolute atomic E-state index is 12.4. The first-order valence-corrected chi connectivity index (χ1v) is 6.78. The van der Waals surface area contributed by atoms with Gasteiger partial charge in [0.2, 0.25) is 0 Å². The van der Waals surface area contributed by atoms with Gasteiger partial charge in [-0.15, -0.1) is 0 Å². The summed E-state index contributed by atoms with van der Waals surface area (Å²) in [6, 6.07) is 6.95. The molecule has 22 heavy (non-hydrogen) atoms. The number of carbonyl (C=O) groups excluding carboxylic acids is 1. The second-order valence-electron chi connectivity index (χ2n) is 4.96. The van der Waals surface area contributed by atoms with E-state index in [1.54, 1.807) is 36.7 Å². The average Bonchev–Trinajstić information content (AvgIpc) is 2.94. The van der Waals surface area contributed by atoms with Gasteiger partial charge in [-0.3, -0.25) is 9.59 Å². The second-order valence-corrected chi connectivity index (χ2v) is 4.96. The number of aryl methyl sites for hydroxylation is 2. The van der Waals surface area contributed by atoms with Crippen LogP contribution in [0, 0.1) is 0 Å². The summed E-state index contributed by atoms with van der Waals surface area (Å²) >= 11 is 0. The molecule has 112 valence electrons. The zero-order valence-electron chi connectivity index (χ0n) is 12.3. The van der Waals surface area contributed by atoms with Crippen LogP contribution in [0.25, 0.3) is 10.8 Å². The van der Waals surface area contributed by atoms with Crippen molar-refractivity contribution in [2.24, 2.45) is 14.1 Å². The van der Waals surface area contributed by atoms with Crippen molar-refractivity contribution in [3.8, 4) is 0 Å². The molecule has 2 aromatic heterocycles. The summed E-state index contributed by atoms with van der Waals surface area (Å²) in [6.45, 7) is 0.293. The van der Waals surface area contributed by atoms with Crippen LogP contribution in [-0.2, 0) is 20.6 Å². The fraction of sp³-hybridized carbons (Fsp3) is 0.200. The molecule has 0 aliphatic rings. The Morgan fingerprint density at radius 2 is 1.95 bits per heavy atom. The molecular weight excluding hydrogens is 282 g/mol. The maximum Gasteiger partial charge on any atom is 0.274 e. The molecule has 0 fully saturated rings. The van der Waals surface area contributed by atoms with Crippen LogP contribution in [0.4, 0.5) is 0 Å². The summed E-state index contributed by atoms with van der Waals surface area (Å²) in [5, 5.41) is 7.89. The molecule has 3 rings (SSSR count). The molecule has 0 radical (unpaired) electrons. The molecule has 2 heterocycles. The van der Waals surface area contributed by atoms with E-state index < -0.39 is 0 Å². The van der Waals surface area contributed by atoms with E-state index in [-0.39, 0.29) is 17.2 Å². The Hall–Kier alpha value is -2.96. The van der Waals surface area contributed by atoms with E-state index in [9.17, 15) is 9.59 Å². The van der Waals surface area contributed by atoms with Crippen molar-refractivity contribution in [1.29, 1.82) is 0 Å². The van der Waals surface area contributed by atoms with Crippen molar-refractivity contribution in [3.63, 3.8) is 0 Å². The Morgan fingerprint density at radius 3 is 2.64 bits per heavy atom. The van der Waals surface area contributed by atoms with Crippen LogP contribution >= 0.6 is 0 Å². The SMILES string of the molecule is Cn1ccnc1CNC(=O)c1nn(C)c(=O)c2ccccc12. The molecule has 0 bridgehead atoms. The average molecular weight is 297 g/mol. The summed E-state index contributed by atoms with van der Waals surface area (Å²) < 4.78 is 3.00. The summed E-state index contributed by atoms with van der Waals surface area (Å²) in [5.41, 5.74) is 0.00293. The number of aromatic nitrogens is 4. The van der Waals surface area contributed by atoms with E-state index in [1.807, 2.05) is 11.6 Å². The number of carbonyl (C=O) groups is 1. The van der Waals surface area contributed by atoms with Gasteiger partial charge in [0.15, 0.2) is 5.69 Å². The first-order chi connectivity index (χ1) is 10.6.